The molecule has 0 atom stereocenters. The van der Waals surface area contributed by atoms with Crippen LogP contribution < -0.4 is 0 Å². The summed E-state index contributed by atoms with van der Waals surface area (Å²) in [6.07, 6.45) is 24.8. The summed E-state index contributed by atoms with van der Waals surface area (Å²) in [4.78, 5) is 4.32. The van der Waals surface area contributed by atoms with E-state index in [1.807, 2.05) is 53.4 Å². The molecule has 0 spiro atoms. The Balaban J connectivity index is 0.000000194. The van der Waals surface area contributed by atoms with Crippen LogP contribution >= 0.6 is 11.9 Å². The Morgan fingerprint density at radius 2 is 1.79 bits per heavy atom. The Bertz CT molecular complexity index is 722. The summed E-state index contributed by atoms with van der Waals surface area (Å²) in [5.74, 6) is 0. The second kappa shape index (κ2) is 11.9. The summed E-state index contributed by atoms with van der Waals surface area (Å²) in [5, 5.41) is 8.46. The van der Waals surface area contributed by atoms with Gasteiger partial charge in [0, 0.05) is 18.2 Å². The molecule has 1 saturated heterocycles. The van der Waals surface area contributed by atoms with Crippen LogP contribution in [-0.2, 0) is 17.1 Å². The minimum atomic E-state index is 0. The fraction of sp³-hybridized carbons (Fsp3) is 0.300. The maximum atomic E-state index is 4.23. The monoisotopic (exact) mass is 437 g/mol. The molecular weight excluding hydrogens is 412 g/mol. The third-order valence-corrected chi connectivity index (χ3v) is 4.73. The molecule has 0 saturated carbocycles. The number of rotatable bonds is 3. The number of hydrogen-bond donors (Lipinski definition) is 0. The van der Waals surface area contributed by atoms with E-state index in [4.69, 9.17) is 0 Å². The van der Waals surface area contributed by atoms with E-state index in [0.29, 0.717) is 0 Å². The zero-order valence-electron chi connectivity index (χ0n) is 16.1. The molecule has 1 fully saturated rings. The third kappa shape index (κ3) is 7.28. The van der Waals surface area contributed by atoms with Crippen molar-refractivity contribution in [2.24, 2.45) is 0 Å². The van der Waals surface area contributed by atoms with Crippen molar-refractivity contribution in [3.63, 3.8) is 0 Å². The van der Waals surface area contributed by atoms with Crippen LogP contribution in [0, 0.1) is 6.67 Å². The summed E-state index contributed by atoms with van der Waals surface area (Å²) in [5.41, 5.74) is 1.98. The number of hydrogen-bond acceptors (Lipinski definition) is 4. The van der Waals surface area contributed by atoms with E-state index in [0.717, 1.165) is 37.6 Å². The van der Waals surface area contributed by atoms with Crippen LogP contribution in [0.4, 0.5) is 0 Å². The van der Waals surface area contributed by atoms with Crippen molar-refractivity contribution in [3.05, 3.63) is 90.0 Å². The molecule has 0 N–H and O–H groups in total. The van der Waals surface area contributed by atoms with E-state index in [9.17, 15) is 0 Å². The van der Waals surface area contributed by atoms with Crippen LogP contribution in [0.2, 0.25) is 0 Å². The molecular formula is C20H25FeN6S+. The minimum absolute atomic E-state index is 0. The standard InChI is InChI=1S/C10H12N3S.C10H13N3.Fe/c1-14-13-7-6-12(9-13)8-10-4-2-3-5-11-10;1-12-6-7-13(9-12)8-10-4-2-3-5-11-10;/h2-5,8H,6-7H2,1H3;2-5,8-9H,6-7H2,1H3;/q-1;-2;+4/b2*10-8-;. The predicted octanol–water partition coefficient (Wildman–Crippen LogP) is 3.45. The maximum absolute atomic E-state index is 4.23. The molecule has 148 valence electrons. The van der Waals surface area contributed by atoms with E-state index < -0.39 is 0 Å². The second-order valence-electron chi connectivity index (χ2n) is 6.18. The van der Waals surface area contributed by atoms with E-state index >= 15 is 0 Å². The van der Waals surface area contributed by atoms with Crippen molar-refractivity contribution in [3.8, 4) is 0 Å². The van der Waals surface area contributed by atoms with E-state index in [-0.39, 0.29) is 17.1 Å². The quantitative estimate of drug-likeness (QED) is 0.294. The average molecular weight is 437 g/mol. The van der Waals surface area contributed by atoms with Gasteiger partial charge in [-0.2, -0.15) is 24.8 Å². The van der Waals surface area contributed by atoms with Crippen molar-refractivity contribution in [1.82, 2.24) is 14.1 Å². The minimum Gasteiger partial charge on any atom is -0.677 e. The van der Waals surface area contributed by atoms with Gasteiger partial charge < -0.3 is 25.0 Å². The molecule has 0 aromatic rings. The normalized spacial score (nSPS) is 23.3. The zero-order chi connectivity index (χ0) is 18.9. The molecule has 4 aliphatic heterocycles. The second-order valence-corrected chi connectivity index (χ2v) is 6.99. The number of likely N-dealkylation sites (N-methyl/N-ethyl adjacent to an activating group) is 1. The van der Waals surface area contributed by atoms with Crippen molar-refractivity contribution in [1.29, 1.82) is 0 Å². The number of allylic oxidation sites excluding steroid dienone is 6. The topological polar surface area (TPSA) is 40.9 Å². The van der Waals surface area contributed by atoms with E-state index in [2.05, 4.69) is 57.2 Å². The molecule has 8 heteroatoms. The Morgan fingerprint density at radius 3 is 2.32 bits per heavy atom. The first-order chi connectivity index (χ1) is 13.2. The Labute approximate surface area is 183 Å². The summed E-state index contributed by atoms with van der Waals surface area (Å²) in [7, 11) is 2.08. The molecule has 0 bridgehead atoms. The molecule has 0 aliphatic carbocycles. The van der Waals surface area contributed by atoms with Crippen molar-refractivity contribution < 1.29 is 21.6 Å². The van der Waals surface area contributed by atoms with Crippen molar-refractivity contribution in [2.75, 3.05) is 39.5 Å². The number of nitrogens with zero attached hydrogens (tertiary/aromatic N) is 6. The van der Waals surface area contributed by atoms with Crippen LogP contribution in [0.25, 0.3) is 10.6 Å². The van der Waals surface area contributed by atoms with E-state index in [1.165, 1.54) is 0 Å². The van der Waals surface area contributed by atoms with Gasteiger partial charge in [0.2, 0.25) is 0 Å². The Morgan fingerprint density at radius 1 is 1.07 bits per heavy atom. The smallest absolute Gasteiger partial charge is 0.677 e. The van der Waals surface area contributed by atoms with Gasteiger partial charge in [-0.1, -0.05) is 42.7 Å². The molecule has 28 heavy (non-hydrogen) atoms. The molecule has 6 nitrogen and oxygen atoms in total. The van der Waals surface area contributed by atoms with Crippen molar-refractivity contribution >= 4 is 18.3 Å². The molecule has 0 aromatic heterocycles. The summed E-state index contributed by atoms with van der Waals surface area (Å²) < 4.78 is 4.12. The molecule has 4 rings (SSSR count). The van der Waals surface area contributed by atoms with Crippen LogP contribution in [0.15, 0.2) is 72.7 Å². The fourth-order valence-corrected chi connectivity index (χ4v) is 3.09. The maximum Gasteiger partial charge on any atom is 4.00 e. The van der Waals surface area contributed by atoms with Crippen LogP contribution in [-0.4, -0.2) is 64.5 Å². The Kier molecular flexibility index (Phi) is 9.50. The SMILES string of the molecule is CN1[CH-]N(/C=C2/C=CC=C[N-]2)CC1.CSN1[C-]=[N+](/C=C2/C=CC=C[N-]2)CC1.[Fe+4]. The fourth-order valence-electron chi connectivity index (χ4n) is 2.64. The van der Waals surface area contributed by atoms with Gasteiger partial charge in [0.1, 0.15) is 12.9 Å². The first kappa shape index (κ1) is 22.4. The van der Waals surface area contributed by atoms with Gasteiger partial charge in [0.15, 0.2) is 0 Å². The van der Waals surface area contributed by atoms with Gasteiger partial charge >= 0.3 is 17.1 Å². The summed E-state index contributed by atoms with van der Waals surface area (Å²) in [6.45, 7) is 6.23. The largest absolute Gasteiger partial charge is 4.00 e. The summed E-state index contributed by atoms with van der Waals surface area (Å²) >= 11 is 1.69. The molecule has 0 radical (unpaired) electrons. The van der Waals surface area contributed by atoms with E-state index in [1.54, 1.807) is 18.1 Å². The average Bonchev–Trinajstić information content (AvgIpc) is 3.32. The van der Waals surface area contributed by atoms with Gasteiger partial charge in [-0.3, -0.25) is 4.31 Å². The molecule has 0 unspecified atom stereocenters. The van der Waals surface area contributed by atoms with Gasteiger partial charge in [0.05, 0.1) is 6.54 Å². The first-order valence-electron chi connectivity index (χ1n) is 8.90. The van der Waals surface area contributed by atoms with Crippen LogP contribution in [0.1, 0.15) is 0 Å². The Hall–Kier alpha value is -1.86. The predicted molar refractivity (Wildman–Crippen MR) is 113 cm³/mol. The van der Waals surface area contributed by atoms with Crippen LogP contribution in [0.3, 0.4) is 0 Å². The van der Waals surface area contributed by atoms with Gasteiger partial charge in [-0.25, -0.2) is 0 Å². The third-order valence-electron chi connectivity index (χ3n) is 4.02. The zero-order valence-corrected chi connectivity index (χ0v) is 18.0. The van der Waals surface area contributed by atoms with Crippen molar-refractivity contribution in [2.45, 2.75) is 0 Å². The van der Waals surface area contributed by atoms with Gasteiger partial charge in [-0.05, 0) is 26.3 Å². The summed E-state index contributed by atoms with van der Waals surface area (Å²) in [6, 6.07) is 0. The van der Waals surface area contributed by atoms with Crippen LogP contribution in [0.5, 0.6) is 0 Å². The van der Waals surface area contributed by atoms with Gasteiger partial charge in [0.25, 0.3) is 0 Å². The molecule has 0 aromatic carbocycles. The first-order valence-corrected chi connectivity index (χ1v) is 10.1. The van der Waals surface area contributed by atoms with Gasteiger partial charge in [-0.15, -0.1) is 5.70 Å². The molecule has 4 aliphatic rings. The molecule has 0 amide bonds. The molecule has 4 heterocycles.